The number of allylic oxidation sites excluding steroid dienone is 20. The zero-order valence-corrected chi connectivity index (χ0v) is 43.8. The lowest BCUT2D eigenvalue weighted by molar-refractivity contribution is -0.166. The van der Waals surface area contributed by atoms with Gasteiger partial charge >= 0.3 is 17.9 Å². The van der Waals surface area contributed by atoms with Gasteiger partial charge in [0.05, 0.1) is 0 Å². The smallest absolute Gasteiger partial charge is 0.306 e. The molecule has 6 nitrogen and oxygen atoms in total. The van der Waals surface area contributed by atoms with Crippen LogP contribution in [0, 0.1) is 0 Å². The van der Waals surface area contributed by atoms with Gasteiger partial charge in [-0.05, 0) is 116 Å². The van der Waals surface area contributed by atoms with Crippen LogP contribution in [0.3, 0.4) is 0 Å². The molecule has 0 saturated carbocycles. The largest absolute Gasteiger partial charge is 0.462 e. The Morgan fingerprint density at radius 3 is 1.03 bits per heavy atom. The van der Waals surface area contributed by atoms with E-state index in [4.69, 9.17) is 14.2 Å². The molecule has 0 fully saturated rings. The predicted molar refractivity (Wildman–Crippen MR) is 293 cm³/mol. The average molecular weight is 941 g/mol. The van der Waals surface area contributed by atoms with Gasteiger partial charge in [0.25, 0.3) is 0 Å². The predicted octanol–water partition coefficient (Wildman–Crippen LogP) is 18.5. The fourth-order valence-corrected chi connectivity index (χ4v) is 7.04. The molecule has 0 heterocycles. The first kappa shape index (κ1) is 63.8. The van der Waals surface area contributed by atoms with E-state index in [1.54, 1.807) is 0 Å². The first-order valence-corrected chi connectivity index (χ1v) is 27.5. The van der Waals surface area contributed by atoms with Gasteiger partial charge in [-0.2, -0.15) is 0 Å². The second kappa shape index (κ2) is 55.4. The third kappa shape index (κ3) is 52.8. The summed E-state index contributed by atoms with van der Waals surface area (Å²) in [5, 5.41) is 0. The summed E-state index contributed by atoms with van der Waals surface area (Å²) in [6.45, 7) is 6.37. The Balaban J connectivity index is 4.55. The Morgan fingerprint density at radius 2 is 0.618 bits per heavy atom. The van der Waals surface area contributed by atoms with Crippen molar-refractivity contribution < 1.29 is 28.6 Å². The van der Waals surface area contributed by atoms with E-state index in [2.05, 4.69) is 130 Å². The molecule has 0 aliphatic heterocycles. The Kier molecular flexibility index (Phi) is 52.0. The van der Waals surface area contributed by atoms with Gasteiger partial charge in [0.15, 0.2) is 6.10 Å². The number of esters is 3. The van der Waals surface area contributed by atoms with Gasteiger partial charge in [0, 0.05) is 19.3 Å². The molecule has 0 N–H and O–H groups in total. The lowest BCUT2D eigenvalue weighted by Crippen LogP contribution is -2.30. The summed E-state index contributed by atoms with van der Waals surface area (Å²) in [6.07, 6.45) is 76.2. The highest BCUT2D eigenvalue weighted by Gasteiger charge is 2.19. The van der Waals surface area contributed by atoms with Crippen molar-refractivity contribution in [1.29, 1.82) is 0 Å². The molecule has 0 aromatic carbocycles. The molecule has 0 saturated heterocycles. The zero-order chi connectivity index (χ0) is 49.3. The summed E-state index contributed by atoms with van der Waals surface area (Å²) in [4.78, 5) is 38.1. The quantitative estimate of drug-likeness (QED) is 0.0262. The summed E-state index contributed by atoms with van der Waals surface area (Å²) in [7, 11) is 0. The van der Waals surface area contributed by atoms with E-state index in [9.17, 15) is 14.4 Å². The molecule has 0 bridgehead atoms. The fraction of sp³-hybridized carbons (Fsp3) is 0.629. The van der Waals surface area contributed by atoms with Crippen molar-refractivity contribution in [3.8, 4) is 0 Å². The van der Waals surface area contributed by atoms with E-state index in [1.807, 2.05) is 12.2 Å². The Hall–Kier alpha value is -4.19. The maximum atomic E-state index is 12.8. The first-order valence-electron chi connectivity index (χ1n) is 27.5. The Morgan fingerprint density at radius 1 is 0.309 bits per heavy atom. The van der Waals surface area contributed by atoms with E-state index >= 15 is 0 Å². The second-order valence-electron chi connectivity index (χ2n) is 17.7. The topological polar surface area (TPSA) is 78.9 Å². The van der Waals surface area contributed by atoms with Crippen LogP contribution in [0.2, 0.25) is 0 Å². The average Bonchev–Trinajstić information content (AvgIpc) is 3.34. The summed E-state index contributed by atoms with van der Waals surface area (Å²) in [5.41, 5.74) is 0. The Bertz CT molecular complexity index is 1450. The Labute approximate surface area is 418 Å². The summed E-state index contributed by atoms with van der Waals surface area (Å²) in [5.74, 6) is -1.03. The number of carbonyl (C=O) groups is 3. The molecule has 1 atom stereocenters. The zero-order valence-electron chi connectivity index (χ0n) is 43.8. The van der Waals surface area contributed by atoms with Crippen LogP contribution in [-0.4, -0.2) is 37.2 Å². The van der Waals surface area contributed by atoms with E-state index < -0.39 is 6.10 Å². The molecule has 0 aliphatic rings. The highest BCUT2D eigenvalue weighted by atomic mass is 16.6. The second-order valence-corrected chi connectivity index (χ2v) is 17.7. The number of rotatable bonds is 48. The van der Waals surface area contributed by atoms with Crippen LogP contribution in [0.5, 0.6) is 0 Å². The van der Waals surface area contributed by atoms with Crippen molar-refractivity contribution in [3.63, 3.8) is 0 Å². The molecule has 0 aliphatic carbocycles. The normalized spacial score (nSPS) is 13.0. The van der Waals surface area contributed by atoms with Gasteiger partial charge in [-0.25, -0.2) is 0 Å². The first-order chi connectivity index (χ1) is 33.5. The van der Waals surface area contributed by atoms with E-state index in [-0.39, 0.29) is 37.5 Å². The number of hydrogen-bond acceptors (Lipinski definition) is 6. The van der Waals surface area contributed by atoms with Crippen molar-refractivity contribution in [3.05, 3.63) is 122 Å². The molecule has 0 unspecified atom stereocenters. The molecule has 0 spiro atoms. The maximum Gasteiger partial charge on any atom is 0.306 e. The van der Waals surface area contributed by atoms with Crippen molar-refractivity contribution in [1.82, 2.24) is 0 Å². The fourth-order valence-electron chi connectivity index (χ4n) is 7.04. The van der Waals surface area contributed by atoms with Crippen molar-refractivity contribution in [2.75, 3.05) is 13.2 Å². The van der Waals surface area contributed by atoms with Crippen molar-refractivity contribution in [2.45, 2.75) is 239 Å². The van der Waals surface area contributed by atoms with Crippen LogP contribution in [-0.2, 0) is 28.6 Å². The van der Waals surface area contributed by atoms with Crippen LogP contribution in [0.1, 0.15) is 233 Å². The summed E-state index contributed by atoms with van der Waals surface area (Å²) < 4.78 is 16.8. The highest BCUT2D eigenvalue weighted by molar-refractivity contribution is 5.71. The molecule has 6 heteroatoms. The van der Waals surface area contributed by atoms with Gasteiger partial charge < -0.3 is 14.2 Å². The third-order valence-corrected chi connectivity index (χ3v) is 11.2. The van der Waals surface area contributed by atoms with E-state index in [0.29, 0.717) is 19.3 Å². The van der Waals surface area contributed by atoms with Gasteiger partial charge in [-0.1, -0.05) is 219 Å². The molecular formula is C62H100O6. The molecule has 0 amide bonds. The lowest BCUT2D eigenvalue weighted by Gasteiger charge is -2.18. The SMILES string of the molecule is CC/C=C/C/C=C/C/C=C/C/C=C/C/C=C/C/C=C/CCC(=O)OC[C@@H](COC(=O)CCCCCCC/C=C/C/C=C/CCCC)OC(=O)CCCCCCCCC/C=C/C/C=C/CCCCC. The number of carbonyl (C=O) groups excluding carboxylic acids is 3. The van der Waals surface area contributed by atoms with Gasteiger partial charge in [0.2, 0.25) is 0 Å². The van der Waals surface area contributed by atoms with Crippen LogP contribution >= 0.6 is 0 Å². The van der Waals surface area contributed by atoms with Crippen LogP contribution in [0.25, 0.3) is 0 Å². The molecular weight excluding hydrogens is 841 g/mol. The molecule has 0 radical (unpaired) electrons. The van der Waals surface area contributed by atoms with E-state index in [1.165, 1.54) is 70.6 Å². The highest BCUT2D eigenvalue weighted by Crippen LogP contribution is 2.13. The summed E-state index contributed by atoms with van der Waals surface area (Å²) >= 11 is 0. The molecule has 68 heavy (non-hydrogen) atoms. The molecule has 384 valence electrons. The lowest BCUT2D eigenvalue weighted by atomic mass is 10.1. The molecule has 0 aromatic heterocycles. The van der Waals surface area contributed by atoms with Crippen LogP contribution < -0.4 is 0 Å². The van der Waals surface area contributed by atoms with Gasteiger partial charge in [-0.3, -0.25) is 14.4 Å². The number of unbranched alkanes of at least 4 members (excludes halogenated alkanes) is 17. The minimum Gasteiger partial charge on any atom is -0.462 e. The summed E-state index contributed by atoms with van der Waals surface area (Å²) in [6, 6.07) is 0. The van der Waals surface area contributed by atoms with Gasteiger partial charge in [-0.15, -0.1) is 0 Å². The molecule has 0 rings (SSSR count). The standard InChI is InChI=1S/C62H100O6/c1-4-7-10-13-16-19-22-25-28-30-31-33-34-37-40-43-46-49-52-55-61(64)67-58-59(57-66-60(63)54-51-48-45-42-39-36-27-24-21-18-15-12-9-6-3)68-62(65)56-53-50-47-44-41-38-35-32-29-26-23-20-17-14-11-8-5-2/h7,10,15-20,24-29,31,33,37,40,46,49,59H,4-6,8-9,11-14,21-23,30,32,34-36,38-39,41-45,47-48,50-58H2,1-3H3/b10-7+,18-15+,19-16+,20-17+,27-24+,28-25+,29-26+,33-31+,40-37+,49-46+/t59-/m1/s1. The van der Waals surface area contributed by atoms with Crippen LogP contribution in [0.15, 0.2) is 122 Å². The monoisotopic (exact) mass is 941 g/mol. The van der Waals surface area contributed by atoms with Crippen molar-refractivity contribution >= 4 is 17.9 Å². The number of ether oxygens (including phenoxy) is 3. The maximum absolute atomic E-state index is 12.8. The third-order valence-electron chi connectivity index (χ3n) is 11.2. The minimum atomic E-state index is -0.822. The molecule has 0 aromatic rings. The number of hydrogen-bond donors (Lipinski definition) is 0. The van der Waals surface area contributed by atoms with E-state index in [0.717, 1.165) is 116 Å². The van der Waals surface area contributed by atoms with Gasteiger partial charge in [0.1, 0.15) is 13.2 Å². The van der Waals surface area contributed by atoms with Crippen LogP contribution in [0.4, 0.5) is 0 Å². The van der Waals surface area contributed by atoms with Crippen molar-refractivity contribution in [2.24, 2.45) is 0 Å². The minimum absolute atomic E-state index is 0.115.